The predicted molar refractivity (Wildman–Crippen MR) is 113 cm³/mol. The van der Waals surface area contributed by atoms with Crippen LogP contribution in [0.4, 0.5) is 0 Å². The van der Waals surface area contributed by atoms with E-state index in [1.807, 2.05) is 70.4 Å². The number of aromatic nitrogens is 2. The van der Waals surface area contributed by atoms with Crippen molar-refractivity contribution in [1.82, 2.24) is 20.0 Å². The average molecular weight is 390 g/mol. The van der Waals surface area contributed by atoms with Crippen LogP contribution in [0, 0.1) is 0 Å². The first kappa shape index (κ1) is 19.2. The van der Waals surface area contributed by atoms with Crippen molar-refractivity contribution in [3.8, 4) is 22.7 Å². The molecule has 0 bridgehead atoms. The largest absolute Gasteiger partial charge is 0.497 e. The van der Waals surface area contributed by atoms with E-state index in [0.29, 0.717) is 6.42 Å². The normalized spacial score (nSPS) is 16.6. The van der Waals surface area contributed by atoms with E-state index in [1.54, 1.807) is 7.11 Å². The molecule has 6 heteroatoms. The standard InChI is InChI=1S/C23H26N4O2/c1-17-15-24-12-13-26(17)22(28)14-19-16-27(20-6-4-3-5-7-20)25-23(19)18-8-10-21(29-2)11-9-18/h3-11,16-17,24H,12-15H2,1-2H3/t17-/m0/s1. The van der Waals surface area contributed by atoms with Crippen LogP contribution < -0.4 is 10.1 Å². The molecule has 0 spiro atoms. The molecule has 1 fully saturated rings. The predicted octanol–water partition coefficient (Wildman–Crippen LogP) is 2.91. The molecular formula is C23H26N4O2. The van der Waals surface area contributed by atoms with Crippen molar-refractivity contribution in [2.24, 2.45) is 0 Å². The summed E-state index contributed by atoms with van der Waals surface area (Å²) in [5.41, 5.74) is 3.69. The molecule has 150 valence electrons. The second kappa shape index (κ2) is 8.49. The minimum atomic E-state index is 0.140. The average Bonchev–Trinajstić information content (AvgIpc) is 3.18. The summed E-state index contributed by atoms with van der Waals surface area (Å²) in [6.07, 6.45) is 2.30. The Labute approximate surface area is 171 Å². The highest BCUT2D eigenvalue weighted by Gasteiger charge is 2.25. The van der Waals surface area contributed by atoms with Gasteiger partial charge in [-0.15, -0.1) is 0 Å². The maximum absolute atomic E-state index is 13.0. The van der Waals surface area contributed by atoms with Crippen molar-refractivity contribution in [2.75, 3.05) is 26.7 Å². The van der Waals surface area contributed by atoms with Gasteiger partial charge < -0.3 is 15.0 Å². The second-order valence-electron chi connectivity index (χ2n) is 7.33. The maximum atomic E-state index is 13.0. The third-order valence-electron chi connectivity index (χ3n) is 5.34. The molecule has 4 rings (SSSR count). The molecule has 0 radical (unpaired) electrons. The lowest BCUT2D eigenvalue weighted by molar-refractivity contribution is -0.133. The molecule has 2 aromatic carbocycles. The molecule has 1 amide bonds. The number of ether oxygens (including phenoxy) is 1. The van der Waals surface area contributed by atoms with Crippen molar-refractivity contribution in [1.29, 1.82) is 0 Å². The van der Waals surface area contributed by atoms with Crippen molar-refractivity contribution in [3.63, 3.8) is 0 Å². The van der Waals surface area contributed by atoms with Gasteiger partial charge in [0, 0.05) is 43.0 Å². The molecule has 29 heavy (non-hydrogen) atoms. The van der Waals surface area contributed by atoms with Crippen molar-refractivity contribution >= 4 is 5.91 Å². The zero-order valence-electron chi connectivity index (χ0n) is 16.8. The highest BCUT2D eigenvalue weighted by molar-refractivity contribution is 5.81. The van der Waals surface area contributed by atoms with E-state index < -0.39 is 0 Å². The van der Waals surface area contributed by atoms with E-state index in [0.717, 1.165) is 47.9 Å². The van der Waals surface area contributed by atoms with Gasteiger partial charge >= 0.3 is 0 Å². The fraction of sp³-hybridized carbons (Fsp3) is 0.304. The van der Waals surface area contributed by atoms with E-state index in [1.165, 1.54) is 0 Å². The molecule has 1 saturated heterocycles. The maximum Gasteiger partial charge on any atom is 0.227 e. The Morgan fingerprint density at radius 1 is 1.17 bits per heavy atom. The first-order chi connectivity index (χ1) is 14.2. The van der Waals surface area contributed by atoms with Crippen LogP contribution in [-0.2, 0) is 11.2 Å². The minimum Gasteiger partial charge on any atom is -0.497 e. The summed E-state index contributed by atoms with van der Waals surface area (Å²) in [7, 11) is 1.65. The number of carbonyl (C=O) groups is 1. The molecule has 0 saturated carbocycles. The zero-order chi connectivity index (χ0) is 20.2. The number of carbonyl (C=O) groups excluding carboxylic acids is 1. The number of nitrogens with zero attached hydrogens (tertiary/aromatic N) is 3. The first-order valence-electron chi connectivity index (χ1n) is 9.94. The number of amides is 1. The lowest BCUT2D eigenvalue weighted by Crippen LogP contribution is -2.52. The fourth-order valence-corrected chi connectivity index (χ4v) is 3.72. The van der Waals surface area contributed by atoms with Crippen LogP contribution in [-0.4, -0.2) is 53.4 Å². The summed E-state index contributed by atoms with van der Waals surface area (Å²) in [4.78, 5) is 15.0. The van der Waals surface area contributed by atoms with Crippen LogP contribution in [0.3, 0.4) is 0 Å². The summed E-state index contributed by atoms with van der Waals surface area (Å²) in [6.45, 7) is 4.50. The second-order valence-corrected chi connectivity index (χ2v) is 7.33. The molecule has 1 aliphatic rings. The Kier molecular flexibility index (Phi) is 5.62. The van der Waals surface area contributed by atoms with Crippen molar-refractivity contribution < 1.29 is 9.53 Å². The smallest absolute Gasteiger partial charge is 0.227 e. The molecule has 1 atom stereocenters. The number of hydrogen-bond acceptors (Lipinski definition) is 4. The Balaban J connectivity index is 1.68. The number of para-hydroxylation sites is 1. The third-order valence-corrected chi connectivity index (χ3v) is 5.34. The van der Waals surface area contributed by atoms with Crippen molar-refractivity contribution in [2.45, 2.75) is 19.4 Å². The molecule has 1 aliphatic heterocycles. The SMILES string of the molecule is COc1ccc(-c2nn(-c3ccccc3)cc2CC(=O)N2CCNC[C@@H]2C)cc1. The molecule has 1 aromatic heterocycles. The van der Waals surface area contributed by atoms with Gasteiger partial charge in [-0.25, -0.2) is 4.68 Å². The number of methoxy groups -OCH3 is 1. The third kappa shape index (κ3) is 4.17. The molecular weight excluding hydrogens is 364 g/mol. The summed E-state index contributed by atoms with van der Waals surface area (Å²) < 4.78 is 7.12. The van der Waals surface area contributed by atoms with Gasteiger partial charge in [0.15, 0.2) is 0 Å². The molecule has 0 aliphatic carbocycles. The molecule has 2 heterocycles. The minimum absolute atomic E-state index is 0.140. The Bertz CT molecular complexity index is 966. The topological polar surface area (TPSA) is 59.4 Å². The Morgan fingerprint density at radius 3 is 2.62 bits per heavy atom. The monoisotopic (exact) mass is 390 g/mol. The van der Waals surface area contributed by atoms with E-state index >= 15 is 0 Å². The fourth-order valence-electron chi connectivity index (χ4n) is 3.72. The van der Waals surface area contributed by atoms with E-state index in [9.17, 15) is 4.79 Å². The van der Waals surface area contributed by atoms with Crippen LogP contribution in [0.25, 0.3) is 16.9 Å². The van der Waals surface area contributed by atoms with Crippen LogP contribution in [0.2, 0.25) is 0 Å². The van der Waals surface area contributed by atoms with Gasteiger partial charge in [-0.3, -0.25) is 4.79 Å². The van der Waals surface area contributed by atoms with Gasteiger partial charge in [-0.1, -0.05) is 18.2 Å². The quantitative estimate of drug-likeness (QED) is 0.728. The summed E-state index contributed by atoms with van der Waals surface area (Å²) >= 11 is 0. The van der Waals surface area contributed by atoms with Crippen LogP contribution >= 0.6 is 0 Å². The van der Waals surface area contributed by atoms with Crippen LogP contribution in [0.1, 0.15) is 12.5 Å². The van der Waals surface area contributed by atoms with Gasteiger partial charge in [0.25, 0.3) is 0 Å². The molecule has 0 unspecified atom stereocenters. The van der Waals surface area contributed by atoms with Gasteiger partial charge in [0.1, 0.15) is 5.75 Å². The summed E-state index contributed by atoms with van der Waals surface area (Å²) in [6, 6.07) is 18.0. The van der Waals surface area contributed by atoms with Gasteiger partial charge in [0.2, 0.25) is 5.91 Å². The van der Waals surface area contributed by atoms with E-state index in [-0.39, 0.29) is 11.9 Å². The van der Waals surface area contributed by atoms with Crippen LogP contribution in [0.5, 0.6) is 5.75 Å². The number of hydrogen-bond donors (Lipinski definition) is 1. The van der Waals surface area contributed by atoms with E-state index in [2.05, 4.69) is 12.2 Å². The molecule has 1 N–H and O–H groups in total. The Morgan fingerprint density at radius 2 is 1.93 bits per heavy atom. The highest BCUT2D eigenvalue weighted by Crippen LogP contribution is 2.27. The van der Waals surface area contributed by atoms with E-state index in [4.69, 9.17) is 9.84 Å². The lowest BCUT2D eigenvalue weighted by atomic mass is 10.0. The highest BCUT2D eigenvalue weighted by atomic mass is 16.5. The first-order valence-corrected chi connectivity index (χ1v) is 9.94. The van der Waals surface area contributed by atoms with Crippen molar-refractivity contribution in [3.05, 3.63) is 66.4 Å². The zero-order valence-corrected chi connectivity index (χ0v) is 16.8. The van der Waals surface area contributed by atoms with Gasteiger partial charge in [-0.2, -0.15) is 5.10 Å². The Hall–Kier alpha value is -3.12. The lowest BCUT2D eigenvalue weighted by Gasteiger charge is -2.34. The summed E-state index contributed by atoms with van der Waals surface area (Å²) in [5, 5.41) is 8.15. The number of nitrogens with one attached hydrogen (secondary N) is 1. The van der Waals surface area contributed by atoms with Gasteiger partial charge in [-0.05, 0) is 43.3 Å². The van der Waals surface area contributed by atoms with Gasteiger partial charge in [0.05, 0.1) is 24.9 Å². The number of piperazine rings is 1. The number of benzene rings is 2. The molecule has 3 aromatic rings. The van der Waals surface area contributed by atoms with Crippen LogP contribution in [0.15, 0.2) is 60.8 Å². The summed E-state index contributed by atoms with van der Waals surface area (Å²) in [5.74, 6) is 0.935. The molecule has 6 nitrogen and oxygen atoms in total. The number of rotatable bonds is 5.